The van der Waals surface area contributed by atoms with Gasteiger partial charge in [0.05, 0.1) is 4.92 Å². The van der Waals surface area contributed by atoms with Crippen LogP contribution in [0.5, 0.6) is 0 Å². The quantitative estimate of drug-likeness (QED) is 0.469. The fourth-order valence-corrected chi connectivity index (χ4v) is 2.20. The first-order valence-corrected chi connectivity index (χ1v) is 7.65. The molecule has 0 saturated carbocycles. The molecule has 0 bridgehead atoms. The highest BCUT2D eigenvalue weighted by Gasteiger charge is 2.28. The average molecular weight is 351 g/mol. The minimum Gasteiger partial charge on any atom is -0.480 e. The van der Waals surface area contributed by atoms with Crippen molar-refractivity contribution in [1.29, 1.82) is 0 Å². The van der Waals surface area contributed by atoms with Crippen molar-refractivity contribution in [3.8, 4) is 0 Å². The highest BCUT2D eigenvalue weighted by atomic mass is 16.6. The molecule has 25 heavy (non-hydrogen) atoms. The first-order valence-electron chi connectivity index (χ1n) is 7.65. The zero-order valence-electron chi connectivity index (χ0n) is 14.2. The van der Waals surface area contributed by atoms with E-state index in [9.17, 15) is 29.6 Å². The largest absolute Gasteiger partial charge is 0.480 e. The summed E-state index contributed by atoms with van der Waals surface area (Å²) in [5, 5.41) is 24.8. The van der Waals surface area contributed by atoms with E-state index in [1.165, 1.54) is 31.2 Å². The van der Waals surface area contributed by atoms with E-state index >= 15 is 0 Å². The third-order valence-corrected chi connectivity index (χ3v) is 3.51. The van der Waals surface area contributed by atoms with E-state index in [0.29, 0.717) is 5.56 Å². The van der Waals surface area contributed by atoms with Crippen molar-refractivity contribution >= 4 is 23.5 Å². The molecule has 136 valence electrons. The van der Waals surface area contributed by atoms with Crippen LogP contribution in [0.4, 0.5) is 5.69 Å². The van der Waals surface area contributed by atoms with Gasteiger partial charge in [0.1, 0.15) is 12.1 Å². The van der Waals surface area contributed by atoms with Gasteiger partial charge in [-0.25, -0.2) is 4.79 Å². The number of carbonyl (C=O) groups is 3. The lowest BCUT2D eigenvalue weighted by atomic mass is 10.0. The van der Waals surface area contributed by atoms with Crippen LogP contribution in [0.2, 0.25) is 0 Å². The van der Waals surface area contributed by atoms with Crippen molar-refractivity contribution in [3.05, 3.63) is 39.9 Å². The molecule has 3 N–H and O–H groups in total. The predicted octanol–water partition coefficient (Wildman–Crippen LogP) is 0.867. The molecule has 9 heteroatoms. The van der Waals surface area contributed by atoms with Crippen LogP contribution in [0.1, 0.15) is 26.3 Å². The highest BCUT2D eigenvalue weighted by molar-refractivity contribution is 5.90. The average Bonchev–Trinajstić information content (AvgIpc) is 2.51. The Bertz CT molecular complexity index is 656. The van der Waals surface area contributed by atoms with Gasteiger partial charge in [0.15, 0.2) is 0 Å². The van der Waals surface area contributed by atoms with Crippen LogP contribution in [0, 0.1) is 16.0 Å². The smallest absolute Gasteiger partial charge is 0.326 e. The van der Waals surface area contributed by atoms with Gasteiger partial charge >= 0.3 is 5.97 Å². The molecule has 0 aliphatic rings. The maximum absolute atomic E-state index is 12.3. The molecular weight excluding hydrogens is 330 g/mol. The lowest BCUT2D eigenvalue weighted by molar-refractivity contribution is -0.384. The predicted molar refractivity (Wildman–Crippen MR) is 88.8 cm³/mol. The van der Waals surface area contributed by atoms with E-state index in [1.807, 2.05) is 0 Å². The van der Waals surface area contributed by atoms with E-state index in [1.54, 1.807) is 13.8 Å². The van der Waals surface area contributed by atoms with Gasteiger partial charge in [0.25, 0.3) is 5.69 Å². The molecule has 0 saturated heterocycles. The van der Waals surface area contributed by atoms with Gasteiger partial charge in [-0.1, -0.05) is 26.0 Å². The number of nitrogens with zero attached hydrogens (tertiary/aromatic N) is 1. The number of carboxylic acids is 1. The van der Waals surface area contributed by atoms with Crippen LogP contribution >= 0.6 is 0 Å². The Morgan fingerprint density at radius 3 is 2.12 bits per heavy atom. The van der Waals surface area contributed by atoms with Crippen LogP contribution in [-0.4, -0.2) is 39.9 Å². The number of aliphatic carboxylic acids is 1. The third kappa shape index (κ3) is 6.21. The van der Waals surface area contributed by atoms with Gasteiger partial charge in [-0.15, -0.1) is 0 Å². The Labute approximate surface area is 144 Å². The van der Waals surface area contributed by atoms with Gasteiger partial charge in [-0.05, 0) is 11.5 Å². The topological polar surface area (TPSA) is 139 Å². The number of carboxylic acid groups (broad SMARTS) is 1. The van der Waals surface area contributed by atoms with Crippen molar-refractivity contribution < 1.29 is 24.4 Å². The second-order valence-corrected chi connectivity index (χ2v) is 5.95. The number of amides is 2. The van der Waals surface area contributed by atoms with Crippen LogP contribution in [-0.2, 0) is 20.8 Å². The number of hydrogen-bond acceptors (Lipinski definition) is 5. The molecule has 1 rings (SSSR count). The van der Waals surface area contributed by atoms with Gasteiger partial charge in [-0.3, -0.25) is 19.7 Å². The molecule has 0 spiro atoms. The summed E-state index contributed by atoms with van der Waals surface area (Å²) in [6, 6.07) is 3.34. The highest BCUT2D eigenvalue weighted by Crippen LogP contribution is 2.13. The van der Waals surface area contributed by atoms with Gasteiger partial charge in [0, 0.05) is 25.5 Å². The molecule has 0 heterocycles. The molecule has 0 aromatic heterocycles. The Kier molecular flexibility index (Phi) is 7.04. The van der Waals surface area contributed by atoms with E-state index in [4.69, 9.17) is 0 Å². The standard InChI is InChI=1S/C16H21N3O6/c1-9(2)14(17-10(3)20)15(21)18-13(16(22)23)8-11-4-6-12(7-5-11)19(24)25/h4-7,9,13-14H,8H2,1-3H3,(H,17,20)(H,18,21)(H,22,23)/t13-,14+/m0/s1. The zero-order valence-corrected chi connectivity index (χ0v) is 14.2. The molecule has 9 nitrogen and oxygen atoms in total. The van der Waals surface area contributed by atoms with Crippen LogP contribution in [0.3, 0.4) is 0 Å². The lowest BCUT2D eigenvalue weighted by Crippen LogP contribution is -2.53. The van der Waals surface area contributed by atoms with Crippen LogP contribution < -0.4 is 10.6 Å². The van der Waals surface area contributed by atoms with Gasteiger partial charge in [0.2, 0.25) is 11.8 Å². The molecule has 0 aliphatic carbocycles. The number of nitro benzene ring substituents is 1. The van der Waals surface area contributed by atoms with Crippen molar-refractivity contribution in [2.45, 2.75) is 39.3 Å². The molecule has 2 atom stereocenters. The monoisotopic (exact) mass is 351 g/mol. The van der Waals surface area contributed by atoms with E-state index in [2.05, 4.69) is 10.6 Å². The summed E-state index contributed by atoms with van der Waals surface area (Å²) >= 11 is 0. The van der Waals surface area contributed by atoms with E-state index in [-0.39, 0.29) is 18.0 Å². The maximum atomic E-state index is 12.3. The summed E-state index contributed by atoms with van der Waals surface area (Å²) in [5.41, 5.74) is 0.420. The molecule has 0 unspecified atom stereocenters. The number of non-ortho nitro benzene ring substituents is 1. The number of carbonyl (C=O) groups excluding carboxylic acids is 2. The molecule has 2 amide bonds. The SMILES string of the molecule is CC(=O)N[C@@H](C(=O)N[C@@H](Cc1ccc([N+](=O)[O-])cc1)C(=O)O)C(C)C. The summed E-state index contributed by atoms with van der Waals surface area (Å²) in [6.07, 6.45) is -0.0377. The van der Waals surface area contributed by atoms with Gasteiger partial charge in [-0.2, -0.15) is 0 Å². The Morgan fingerprint density at radius 1 is 1.16 bits per heavy atom. The number of hydrogen-bond donors (Lipinski definition) is 3. The lowest BCUT2D eigenvalue weighted by Gasteiger charge is -2.23. The molecule has 0 aliphatic heterocycles. The van der Waals surface area contributed by atoms with Crippen LogP contribution in [0.25, 0.3) is 0 Å². The molecule has 1 aromatic carbocycles. The third-order valence-electron chi connectivity index (χ3n) is 3.51. The molecule has 0 fully saturated rings. The normalized spacial score (nSPS) is 13.0. The number of nitro groups is 1. The van der Waals surface area contributed by atoms with Crippen LogP contribution in [0.15, 0.2) is 24.3 Å². The van der Waals surface area contributed by atoms with Crippen molar-refractivity contribution in [2.24, 2.45) is 5.92 Å². The maximum Gasteiger partial charge on any atom is 0.326 e. The molecular formula is C16H21N3O6. The first kappa shape index (κ1) is 20.1. The van der Waals surface area contributed by atoms with E-state index < -0.39 is 34.8 Å². The fraction of sp³-hybridized carbons (Fsp3) is 0.438. The summed E-state index contributed by atoms with van der Waals surface area (Å²) < 4.78 is 0. The van der Waals surface area contributed by atoms with Gasteiger partial charge < -0.3 is 15.7 Å². The van der Waals surface area contributed by atoms with Crippen molar-refractivity contribution in [1.82, 2.24) is 10.6 Å². The van der Waals surface area contributed by atoms with Crippen molar-refractivity contribution in [3.63, 3.8) is 0 Å². The second kappa shape index (κ2) is 8.76. The summed E-state index contributed by atoms with van der Waals surface area (Å²) in [4.78, 5) is 45.0. The minimum absolute atomic E-state index is 0.0377. The Hall–Kier alpha value is -2.97. The summed E-state index contributed by atoms with van der Waals surface area (Å²) in [5.74, 6) is -2.45. The zero-order chi connectivity index (χ0) is 19.1. The minimum atomic E-state index is -1.24. The fourth-order valence-electron chi connectivity index (χ4n) is 2.20. The Morgan fingerprint density at radius 2 is 1.72 bits per heavy atom. The summed E-state index contributed by atoms with van der Waals surface area (Å²) in [7, 11) is 0. The number of nitrogens with one attached hydrogen (secondary N) is 2. The summed E-state index contributed by atoms with van der Waals surface area (Å²) in [6.45, 7) is 4.73. The second-order valence-electron chi connectivity index (χ2n) is 5.95. The Balaban J connectivity index is 2.85. The van der Waals surface area contributed by atoms with Crippen molar-refractivity contribution in [2.75, 3.05) is 0 Å². The van der Waals surface area contributed by atoms with E-state index in [0.717, 1.165) is 0 Å². The first-order chi connectivity index (χ1) is 11.6. The number of benzene rings is 1. The molecule has 1 aromatic rings. The number of rotatable bonds is 8. The molecule has 0 radical (unpaired) electrons.